The van der Waals surface area contributed by atoms with Crippen LogP contribution in [0.2, 0.25) is 0 Å². The molecule has 1 aromatic carbocycles. The van der Waals surface area contributed by atoms with Crippen LogP contribution in [0, 0.1) is 0 Å². The van der Waals surface area contributed by atoms with Gasteiger partial charge in [0.1, 0.15) is 12.2 Å². The van der Waals surface area contributed by atoms with E-state index in [1.165, 1.54) is 16.7 Å². The number of hydrazine groups is 1. The molecular formula is C20H23N5O6. The van der Waals surface area contributed by atoms with E-state index in [1.807, 2.05) is 6.07 Å². The van der Waals surface area contributed by atoms with Crippen LogP contribution >= 0.6 is 0 Å². The molecule has 0 saturated carbocycles. The molecule has 0 aliphatic carbocycles. The molecule has 1 aliphatic rings. The molecule has 11 nitrogen and oxygen atoms in total. The van der Waals surface area contributed by atoms with Crippen molar-refractivity contribution in [3.8, 4) is 5.75 Å². The molecular weight excluding hydrogens is 406 g/mol. The monoisotopic (exact) mass is 429 g/mol. The van der Waals surface area contributed by atoms with Crippen LogP contribution < -0.4 is 21.3 Å². The van der Waals surface area contributed by atoms with Crippen LogP contribution in [0.1, 0.15) is 26.4 Å². The third kappa shape index (κ3) is 4.67. The quantitative estimate of drug-likeness (QED) is 0.511. The second-order valence-electron chi connectivity index (χ2n) is 6.94. The van der Waals surface area contributed by atoms with Gasteiger partial charge in [-0.3, -0.25) is 39.7 Å². The highest BCUT2D eigenvalue weighted by molar-refractivity contribution is 5.99. The van der Waals surface area contributed by atoms with E-state index in [9.17, 15) is 24.3 Å². The SMILES string of the molecule is COCCN1CN(C)n2cc(C(=O)NNC(=O)Cc3ccccc3)c(=O)c(O)c2C1=O. The number of carbonyl (C=O) groups is 3. The van der Waals surface area contributed by atoms with Crippen molar-refractivity contribution in [1.82, 2.24) is 20.4 Å². The Morgan fingerprint density at radius 3 is 2.55 bits per heavy atom. The zero-order chi connectivity index (χ0) is 22.5. The molecule has 0 spiro atoms. The van der Waals surface area contributed by atoms with Crippen LogP contribution in [0.15, 0.2) is 41.3 Å². The first-order valence-electron chi connectivity index (χ1n) is 9.44. The number of amides is 3. The van der Waals surface area contributed by atoms with Gasteiger partial charge in [-0.2, -0.15) is 0 Å². The molecule has 2 heterocycles. The van der Waals surface area contributed by atoms with E-state index >= 15 is 0 Å². The lowest BCUT2D eigenvalue weighted by atomic mass is 10.1. The number of ether oxygens (including phenoxy) is 1. The van der Waals surface area contributed by atoms with Crippen LogP contribution in [0.3, 0.4) is 0 Å². The minimum Gasteiger partial charge on any atom is -0.502 e. The highest BCUT2D eigenvalue weighted by Crippen LogP contribution is 2.20. The van der Waals surface area contributed by atoms with Crippen molar-refractivity contribution in [1.29, 1.82) is 0 Å². The largest absolute Gasteiger partial charge is 0.502 e. The lowest BCUT2D eigenvalue weighted by Crippen LogP contribution is -2.53. The standard InChI is InChI=1S/C20H23N5O6/c1-23-12-24(8-9-31-2)20(30)16-18(28)17(27)14(11-25(16)23)19(29)22-21-15(26)10-13-6-4-3-5-7-13/h3-7,11,28H,8-10,12H2,1-2H3,(H,21,26)(H,22,29). The number of pyridine rings is 1. The van der Waals surface area contributed by atoms with Crippen molar-refractivity contribution < 1.29 is 24.2 Å². The average Bonchev–Trinajstić information content (AvgIpc) is 2.76. The average molecular weight is 429 g/mol. The lowest BCUT2D eigenvalue weighted by molar-refractivity contribution is -0.121. The third-order valence-corrected chi connectivity index (χ3v) is 4.73. The molecule has 0 unspecified atom stereocenters. The number of benzene rings is 1. The summed E-state index contributed by atoms with van der Waals surface area (Å²) in [7, 11) is 3.13. The van der Waals surface area contributed by atoms with E-state index in [-0.39, 0.29) is 31.9 Å². The van der Waals surface area contributed by atoms with Crippen molar-refractivity contribution in [2.45, 2.75) is 6.42 Å². The Morgan fingerprint density at radius 2 is 1.87 bits per heavy atom. The normalized spacial score (nSPS) is 13.0. The maximum Gasteiger partial charge on any atom is 0.277 e. The second-order valence-corrected chi connectivity index (χ2v) is 6.94. The number of aromatic nitrogens is 1. The number of hydrogen-bond acceptors (Lipinski definition) is 7. The molecule has 1 aromatic heterocycles. The van der Waals surface area contributed by atoms with Crippen molar-refractivity contribution in [2.24, 2.45) is 0 Å². The fourth-order valence-electron chi connectivity index (χ4n) is 3.14. The summed E-state index contributed by atoms with van der Waals surface area (Å²) in [5.41, 5.74) is 3.46. The molecule has 3 N–H and O–H groups in total. The maximum atomic E-state index is 12.7. The summed E-state index contributed by atoms with van der Waals surface area (Å²) < 4.78 is 6.21. The summed E-state index contributed by atoms with van der Waals surface area (Å²) in [5.74, 6) is -2.81. The molecule has 3 amide bonds. The Morgan fingerprint density at radius 1 is 1.16 bits per heavy atom. The first kappa shape index (κ1) is 21.8. The fourth-order valence-corrected chi connectivity index (χ4v) is 3.14. The lowest BCUT2D eigenvalue weighted by Gasteiger charge is -2.37. The van der Waals surface area contributed by atoms with Gasteiger partial charge in [-0.25, -0.2) is 0 Å². The van der Waals surface area contributed by atoms with E-state index in [0.717, 1.165) is 11.8 Å². The molecule has 0 atom stereocenters. The number of fused-ring (bicyclic) bond motifs is 1. The van der Waals surface area contributed by atoms with Gasteiger partial charge in [0.15, 0.2) is 11.4 Å². The summed E-state index contributed by atoms with van der Waals surface area (Å²) in [6.07, 6.45) is 1.19. The van der Waals surface area contributed by atoms with Gasteiger partial charge in [0.25, 0.3) is 11.8 Å². The van der Waals surface area contributed by atoms with Crippen molar-refractivity contribution >= 4 is 17.7 Å². The molecule has 164 valence electrons. The number of methoxy groups -OCH3 is 1. The predicted octanol–water partition coefficient (Wildman–Crippen LogP) is -0.815. The minimum atomic E-state index is -1.02. The van der Waals surface area contributed by atoms with Gasteiger partial charge >= 0.3 is 0 Å². The van der Waals surface area contributed by atoms with Crippen molar-refractivity contribution in [3.63, 3.8) is 0 Å². The molecule has 3 rings (SSSR count). The summed E-state index contributed by atoms with van der Waals surface area (Å²) in [4.78, 5) is 51.1. The number of hydrogen-bond donors (Lipinski definition) is 3. The van der Waals surface area contributed by atoms with Gasteiger partial charge in [0, 0.05) is 26.9 Å². The van der Waals surface area contributed by atoms with Crippen LogP contribution in [-0.2, 0) is 16.0 Å². The number of rotatable bonds is 6. The van der Waals surface area contributed by atoms with Gasteiger partial charge in [0.05, 0.1) is 13.0 Å². The topological polar surface area (TPSA) is 133 Å². The minimum absolute atomic E-state index is 0.0318. The zero-order valence-corrected chi connectivity index (χ0v) is 17.1. The summed E-state index contributed by atoms with van der Waals surface area (Å²) in [6.45, 7) is 0.711. The van der Waals surface area contributed by atoms with E-state index in [1.54, 1.807) is 36.3 Å². The van der Waals surface area contributed by atoms with E-state index < -0.39 is 34.5 Å². The number of aromatic hydroxyl groups is 1. The van der Waals surface area contributed by atoms with Gasteiger partial charge in [-0.15, -0.1) is 0 Å². The predicted molar refractivity (Wildman–Crippen MR) is 110 cm³/mol. The molecule has 0 fully saturated rings. The Kier molecular flexibility index (Phi) is 6.55. The van der Waals surface area contributed by atoms with E-state index in [4.69, 9.17) is 4.74 Å². The van der Waals surface area contributed by atoms with Crippen LogP contribution in [0.4, 0.5) is 0 Å². The fraction of sp³-hybridized carbons (Fsp3) is 0.300. The second kappa shape index (κ2) is 9.30. The Balaban J connectivity index is 1.77. The summed E-state index contributed by atoms with van der Waals surface area (Å²) in [6, 6.07) is 8.91. The Bertz CT molecular complexity index is 1050. The van der Waals surface area contributed by atoms with Gasteiger partial charge in [-0.05, 0) is 5.56 Å². The number of carbonyl (C=O) groups excluding carboxylic acids is 3. The van der Waals surface area contributed by atoms with Crippen molar-refractivity contribution in [3.05, 3.63) is 63.6 Å². The summed E-state index contributed by atoms with van der Waals surface area (Å²) >= 11 is 0. The van der Waals surface area contributed by atoms with Gasteiger partial charge in [0.2, 0.25) is 11.3 Å². The first-order chi connectivity index (χ1) is 14.8. The Labute approximate surface area is 177 Å². The maximum absolute atomic E-state index is 12.7. The molecule has 1 aliphatic heterocycles. The van der Waals surface area contributed by atoms with E-state index in [2.05, 4.69) is 10.9 Å². The Hall–Kier alpha value is -3.86. The molecule has 2 aromatic rings. The van der Waals surface area contributed by atoms with Gasteiger partial charge in [-0.1, -0.05) is 30.3 Å². The smallest absolute Gasteiger partial charge is 0.277 e. The molecule has 31 heavy (non-hydrogen) atoms. The molecule has 0 bridgehead atoms. The van der Waals surface area contributed by atoms with E-state index in [0.29, 0.717) is 0 Å². The first-order valence-corrected chi connectivity index (χ1v) is 9.44. The molecule has 11 heteroatoms. The molecule has 0 radical (unpaired) electrons. The van der Waals surface area contributed by atoms with Crippen LogP contribution in [0.25, 0.3) is 0 Å². The van der Waals surface area contributed by atoms with Crippen molar-refractivity contribution in [2.75, 3.05) is 39.0 Å². The highest BCUT2D eigenvalue weighted by atomic mass is 16.5. The van der Waals surface area contributed by atoms with Crippen LogP contribution in [-0.4, -0.2) is 66.4 Å². The third-order valence-electron chi connectivity index (χ3n) is 4.73. The summed E-state index contributed by atoms with van der Waals surface area (Å²) in [5, 5.41) is 11.9. The zero-order valence-electron chi connectivity index (χ0n) is 17.1. The van der Waals surface area contributed by atoms with Gasteiger partial charge < -0.3 is 14.7 Å². The highest BCUT2D eigenvalue weighted by Gasteiger charge is 2.33. The number of nitrogens with one attached hydrogen (secondary N) is 2. The number of nitrogens with zero attached hydrogens (tertiary/aromatic N) is 3. The molecule has 0 saturated heterocycles. The van der Waals surface area contributed by atoms with Crippen LogP contribution in [0.5, 0.6) is 5.75 Å².